The number of aryl methyl sites for hydroxylation is 1. The summed E-state index contributed by atoms with van der Waals surface area (Å²) in [7, 11) is -3.50. The number of rotatable bonds is 9. The summed E-state index contributed by atoms with van der Waals surface area (Å²) in [5.74, 6) is -2.34. The van der Waals surface area contributed by atoms with E-state index in [1.165, 1.54) is 36.4 Å². The Morgan fingerprint density at radius 3 is 2.26 bits per heavy atom. The fourth-order valence-electron chi connectivity index (χ4n) is 3.99. The first-order valence-corrected chi connectivity index (χ1v) is 12.3. The van der Waals surface area contributed by atoms with Crippen molar-refractivity contribution in [2.45, 2.75) is 37.9 Å². The number of hydrogen-bond acceptors (Lipinski definition) is 4. The van der Waals surface area contributed by atoms with Gasteiger partial charge in [0.15, 0.2) is 5.60 Å². The molecule has 0 bridgehead atoms. The summed E-state index contributed by atoms with van der Waals surface area (Å²) in [5, 5.41) is 19.9. The molecule has 182 valence electrons. The number of hydrogen-bond donors (Lipinski definition) is 3. The summed E-state index contributed by atoms with van der Waals surface area (Å²) in [6.45, 7) is 5.39. The molecule has 8 heteroatoms. The highest BCUT2D eigenvalue weighted by molar-refractivity contribution is 7.42. The van der Waals surface area contributed by atoms with Gasteiger partial charge in [0.05, 0.1) is 11.4 Å². The molecule has 0 fully saturated rings. The minimum absolute atomic E-state index is 0.0838. The number of pyridine rings is 1. The van der Waals surface area contributed by atoms with Crippen LogP contribution in [0, 0.1) is 18.7 Å². The lowest BCUT2D eigenvalue weighted by molar-refractivity contribution is -0.147. The molecule has 3 unspecified atom stereocenters. The number of aliphatic hydroxyl groups is 1. The Kier molecular flexibility index (Phi) is 7.96. The van der Waals surface area contributed by atoms with E-state index in [2.05, 4.69) is 4.98 Å². The maximum absolute atomic E-state index is 13.6. The van der Waals surface area contributed by atoms with Gasteiger partial charge in [-0.3, -0.25) is 0 Å². The molecule has 0 radical (unpaired) electrons. The Balaban J connectivity index is 2.35. The van der Waals surface area contributed by atoms with Crippen LogP contribution in [0.3, 0.4) is 0 Å². The summed E-state index contributed by atoms with van der Waals surface area (Å²) in [6.07, 6.45) is 2.17. The van der Waals surface area contributed by atoms with E-state index in [9.17, 15) is 28.9 Å². The Morgan fingerprint density at radius 2 is 1.71 bits per heavy atom. The quantitative estimate of drug-likeness (QED) is 0.271. The van der Waals surface area contributed by atoms with Crippen LogP contribution in [0.15, 0.2) is 78.9 Å². The number of carboxylic acids is 1. The molecule has 3 N–H and O–H groups in total. The Bertz CT molecular complexity index is 1230. The molecule has 0 aliphatic heterocycles. The number of aliphatic carboxylic acids is 1. The van der Waals surface area contributed by atoms with E-state index in [1.807, 2.05) is 37.3 Å². The molecule has 35 heavy (non-hydrogen) atoms. The van der Waals surface area contributed by atoms with E-state index in [0.29, 0.717) is 11.3 Å². The van der Waals surface area contributed by atoms with Crippen molar-refractivity contribution in [1.29, 1.82) is 0 Å². The molecule has 0 aliphatic carbocycles. The monoisotopic (exact) mass is 496 g/mol. The number of halogens is 1. The summed E-state index contributed by atoms with van der Waals surface area (Å²) in [6, 6.07) is 17.5. The highest BCUT2D eigenvalue weighted by atomic mass is 31.1. The maximum atomic E-state index is 13.6. The average Bonchev–Trinajstić information content (AvgIpc) is 2.81. The largest absolute Gasteiger partial charge is 0.531 e. The summed E-state index contributed by atoms with van der Waals surface area (Å²) in [5.41, 5.74) is -0.154. The van der Waals surface area contributed by atoms with E-state index in [4.69, 9.17) is 0 Å². The number of carboxylic acid groups (broad SMARTS) is 1. The van der Waals surface area contributed by atoms with Crippen LogP contribution in [-0.4, -0.2) is 31.2 Å². The van der Waals surface area contributed by atoms with E-state index in [-0.39, 0.29) is 11.6 Å². The first-order chi connectivity index (χ1) is 16.5. The number of allylic oxidation sites excluding steroid dienone is 1. The van der Waals surface area contributed by atoms with Crippen LogP contribution in [0.5, 0.6) is 0 Å². The molecule has 2 aromatic carbocycles. The lowest BCUT2D eigenvalue weighted by atomic mass is 9.77. The maximum Gasteiger partial charge on any atom is 0.531 e. The Labute approximate surface area is 204 Å². The van der Waals surface area contributed by atoms with Gasteiger partial charge in [-0.25, -0.2) is 14.2 Å². The van der Waals surface area contributed by atoms with Crippen molar-refractivity contribution in [3.05, 3.63) is 102 Å². The van der Waals surface area contributed by atoms with E-state index >= 15 is 0 Å². The third-order valence-corrected chi connectivity index (χ3v) is 7.24. The molecule has 3 rings (SSSR count). The highest BCUT2D eigenvalue weighted by Gasteiger charge is 2.70. The normalized spacial score (nSPS) is 15.6. The number of nitrogens with zero attached hydrogens (tertiary/aromatic N) is 1. The number of aromatic nitrogens is 1. The average molecular weight is 496 g/mol. The molecule has 0 spiro atoms. The van der Waals surface area contributed by atoms with Gasteiger partial charge in [-0.1, -0.05) is 68.5 Å². The molecule has 3 atom stereocenters. The van der Waals surface area contributed by atoms with Crippen molar-refractivity contribution in [3.8, 4) is 11.3 Å². The van der Waals surface area contributed by atoms with Crippen molar-refractivity contribution in [1.82, 2.24) is 4.98 Å². The first-order valence-electron chi connectivity index (χ1n) is 11.1. The van der Waals surface area contributed by atoms with E-state index < -0.39 is 37.0 Å². The predicted octanol–water partition coefficient (Wildman–Crippen LogP) is 5.40. The van der Waals surface area contributed by atoms with Gasteiger partial charge in [0.25, 0.3) is 0 Å². The molecule has 0 amide bonds. The molecule has 0 saturated heterocycles. The smallest absolute Gasteiger partial charge is 0.477 e. The lowest BCUT2D eigenvalue weighted by Gasteiger charge is -2.34. The number of benzene rings is 2. The zero-order valence-corrected chi connectivity index (χ0v) is 20.6. The molecular formula is C27H28FNO5P+. The molecule has 6 nitrogen and oxygen atoms in total. The molecular weight excluding hydrogens is 468 g/mol. The van der Waals surface area contributed by atoms with Gasteiger partial charge >= 0.3 is 19.2 Å². The van der Waals surface area contributed by atoms with Crippen molar-refractivity contribution in [2.24, 2.45) is 5.92 Å². The van der Waals surface area contributed by atoms with Crippen molar-refractivity contribution >= 4 is 14.0 Å². The minimum Gasteiger partial charge on any atom is -0.477 e. The van der Waals surface area contributed by atoms with Crippen LogP contribution in [-0.2, 0) is 21.4 Å². The highest BCUT2D eigenvalue weighted by Crippen LogP contribution is 2.52. The van der Waals surface area contributed by atoms with Crippen LogP contribution >= 0.6 is 8.03 Å². The van der Waals surface area contributed by atoms with Crippen LogP contribution < -0.4 is 0 Å². The Morgan fingerprint density at radius 1 is 1.09 bits per heavy atom. The van der Waals surface area contributed by atoms with Gasteiger partial charge in [0.2, 0.25) is 0 Å². The minimum atomic E-state index is -3.50. The predicted molar refractivity (Wildman–Crippen MR) is 133 cm³/mol. The second-order valence-corrected chi connectivity index (χ2v) is 10.1. The van der Waals surface area contributed by atoms with Gasteiger partial charge in [0, 0.05) is 12.0 Å². The number of carbonyl (C=O) groups is 1. The molecule has 0 aliphatic rings. The fraction of sp³-hybridized carbons (Fsp3) is 0.259. The fourth-order valence-corrected chi connectivity index (χ4v) is 4.87. The van der Waals surface area contributed by atoms with Crippen molar-refractivity contribution in [3.63, 3.8) is 0 Å². The first kappa shape index (κ1) is 26.4. The summed E-state index contributed by atoms with van der Waals surface area (Å²) in [4.78, 5) is 27.8. The van der Waals surface area contributed by atoms with Gasteiger partial charge in [-0.15, -0.1) is 0 Å². The van der Waals surface area contributed by atoms with Gasteiger partial charge in [-0.2, -0.15) is 4.89 Å². The zero-order valence-electron chi connectivity index (χ0n) is 19.7. The van der Waals surface area contributed by atoms with E-state index in [0.717, 1.165) is 17.2 Å². The third kappa shape index (κ3) is 5.22. The molecule has 0 saturated carbocycles. The van der Waals surface area contributed by atoms with E-state index in [1.54, 1.807) is 19.9 Å². The van der Waals surface area contributed by atoms with Crippen LogP contribution in [0.2, 0.25) is 0 Å². The Hall–Kier alpha value is -3.25. The summed E-state index contributed by atoms with van der Waals surface area (Å²) < 4.78 is 26.4. The van der Waals surface area contributed by atoms with Crippen molar-refractivity contribution < 1.29 is 28.9 Å². The molecule has 1 aromatic heterocycles. The van der Waals surface area contributed by atoms with Gasteiger partial charge < -0.3 is 10.2 Å². The SMILES string of the molecule is Cc1ccc(C(O)(Cc2ccc(F)cc2)C(C=CC(C)C)(C(=O)O)[P+](=O)O)nc1-c1ccccc1. The van der Waals surface area contributed by atoms with Crippen molar-refractivity contribution in [2.75, 3.05) is 0 Å². The molecule has 3 aromatic rings. The topological polar surface area (TPSA) is 108 Å². The summed E-state index contributed by atoms with van der Waals surface area (Å²) >= 11 is 0. The third-order valence-electron chi connectivity index (χ3n) is 5.92. The standard InChI is InChI=1S/C27H27FNO5P/c1-18(2)15-16-27(25(30)31,35(33)34)26(32,17-20-10-12-22(28)13-11-20)23-14-9-19(3)24(29-23)21-7-5-4-6-8-21/h4-16,18,32H,17H2,1-3H3,(H-,30,31,33,34)/p+1. The van der Waals surface area contributed by atoms with Crippen LogP contribution in [0.25, 0.3) is 11.3 Å². The molecule has 1 heterocycles. The van der Waals surface area contributed by atoms with Gasteiger partial charge in [-0.05, 0) is 52.8 Å². The second-order valence-electron chi connectivity index (χ2n) is 8.84. The van der Waals surface area contributed by atoms with Crippen LogP contribution in [0.4, 0.5) is 4.39 Å². The lowest BCUT2D eigenvalue weighted by Crippen LogP contribution is -2.55. The zero-order chi connectivity index (χ0) is 25.8. The van der Waals surface area contributed by atoms with Gasteiger partial charge in [0.1, 0.15) is 5.82 Å². The van der Waals surface area contributed by atoms with Crippen LogP contribution in [0.1, 0.15) is 30.7 Å². The second kappa shape index (κ2) is 10.6.